The summed E-state index contributed by atoms with van der Waals surface area (Å²) in [4.78, 5) is 3.74. The second kappa shape index (κ2) is 6.69. The molecule has 0 saturated carbocycles. The quantitative estimate of drug-likeness (QED) is 0.865. The van der Waals surface area contributed by atoms with Crippen LogP contribution >= 0.6 is 11.3 Å². The highest BCUT2D eigenvalue weighted by Crippen LogP contribution is 2.12. The van der Waals surface area contributed by atoms with Gasteiger partial charge in [-0.1, -0.05) is 36.4 Å². The summed E-state index contributed by atoms with van der Waals surface area (Å²) in [6.45, 7) is 1.95. The number of nitrogens with two attached hydrogens (primary N) is 1. The molecule has 0 aliphatic rings. The van der Waals surface area contributed by atoms with E-state index in [1.165, 1.54) is 10.4 Å². The number of benzene rings is 1. The van der Waals surface area contributed by atoms with Gasteiger partial charge in [-0.05, 0) is 30.5 Å². The van der Waals surface area contributed by atoms with E-state index < -0.39 is 0 Å². The summed E-state index contributed by atoms with van der Waals surface area (Å²) >= 11 is 1.82. The summed E-state index contributed by atoms with van der Waals surface area (Å²) in [6.07, 6.45) is 1.11. The zero-order chi connectivity index (χ0) is 12.8. The highest BCUT2D eigenvalue weighted by atomic mass is 32.1. The molecule has 0 spiro atoms. The van der Waals surface area contributed by atoms with Crippen molar-refractivity contribution in [3.8, 4) is 0 Å². The Balaban J connectivity index is 1.78. The Morgan fingerprint density at radius 2 is 1.94 bits per heavy atom. The van der Waals surface area contributed by atoms with E-state index >= 15 is 0 Å². The van der Waals surface area contributed by atoms with Gasteiger partial charge in [-0.15, -0.1) is 11.3 Å². The maximum Gasteiger partial charge on any atom is 0.0424 e. The van der Waals surface area contributed by atoms with Crippen LogP contribution in [0.1, 0.15) is 16.5 Å². The van der Waals surface area contributed by atoms with E-state index in [2.05, 4.69) is 41.6 Å². The molecule has 0 amide bonds. The predicted octanol–water partition coefficient (Wildman–Crippen LogP) is 2.92. The van der Waals surface area contributed by atoms with Crippen molar-refractivity contribution in [2.45, 2.75) is 12.5 Å². The lowest BCUT2D eigenvalue weighted by Crippen LogP contribution is -2.30. The van der Waals surface area contributed by atoms with Crippen molar-refractivity contribution in [1.82, 2.24) is 4.90 Å². The van der Waals surface area contributed by atoms with Crippen molar-refractivity contribution >= 4 is 11.3 Å². The highest BCUT2D eigenvalue weighted by molar-refractivity contribution is 7.09. The molecule has 96 valence electrons. The van der Waals surface area contributed by atoms with Crippen LogP contribution in [-0.4, -0.2) is 25.0 Å². The van der Waals surface area contributed by atoms with Crippen molar-refractivity contribution in [1.29, 1.82) is 0 Å². The Hall–Kier alpha value is -1.16. The summed E-state index contributed by atoms with van der Waals surface area (Å²) in [5, 5.41) is 2.13. The van der Waals surface area contributed by atoms with Gasteiger partial charge < -0.3 is 10.6 Å². The Morgan fingerprint density at radius 3 is 2.61 bits per heavy atom. The van der Waals surface area contributed by atoms with Crippen molar-refractivity contribution in [2.24, 2.45) is 5.73 Å². The zero-order valence-electron chi connectivity index (χ0n) is 10.8. The molecule has 1 heterocycles. The Kier molecular flexibility index (Phi) is 4.93. The fourth-order valence-corrected chi connectivity index (χ4v) is 2.69. The van der Waals surface area contributed by atoms with Crippen molar-refractivity contribution in [2.75, 3.05) is 20.1 Å². The van der Waals surface area contributed by atoms with Gasteiger partial charge in [0.25, 0.3) is 0 Å². The monoisotopic (exact) mass is 260 g/mol. The molecule has 2 N–H and O–H groups in total. The Labute approximate surface area is 113 Å². The number of likely N-dealkylation sites (N-methyl/N-ethyl adjacent to an activating group) is 1. The van der Waals surface area contributed by atoms with Crippen LogP contribution in [0.25, 0.3) is 0 Å². The highest BCUT2D eigenvalue weighted by Gasteiger charge is 2.08. The van der Waals surface area contributed by atoms with Crippen LogP contribution in [-0.2, 0) is 6.42 Å². The molecule has 1 atom stereocenters. The summed E-state index contributed by atoms with van der Waals surface area (Å²) < 4.78 is 0. The second-order valence-electron chi connectivity index (χ2n) is 4.61. The van der Waals surface area contributed by atoms with E-state index in [1.54, 1.807) is 0 Å². The van der Waals surface area contributed by atoms with Gasteiger partial charge in [0.15, 0.2) is 0 Å². The van der Waals surface area contributed by atoms with E-state index in [0.717, 1.165) is 19.5 Å². The van der Waals surface area contributed by atoms with Crippen molar-refractivity contribution < 1.29 is 0 Å². The summed E-state index contributed by atoms with van der Waals surface area (Å²) in [7, 11) is 2.14. The average Bonchev–Trinajstić information content (AvgIpc) is 2.90. The first-order valence-electron chi connectivity index (χ1n) is 6.27. The minimum atomic E-state index is 0.0968. The van der Waals surface area contributed by atoms with Gasteiger partial charge in [0.1, 0.15) is 0 Å². The molecule has 0 aliphatic heterocycles. The lowest BCUT2D eigenvalue weighted by Gasteiger charge is -2.21. The third-order valence-electron chi connectivity index (χ3n) is 3.06. The molecular formula is C15H20N2S. The standard InChI is InChI=1S/C15H20N2S/c1-17(10-9-14-8-5-11-18-14)12-15(16)13-6-3-2-4-7-13/h2-8,11,15H,9-10,12,16H2,1H3. The number of rotatable bonds is 6. The van der Waals surface area contributed by atoms with Gasteiger partial charge in [0.2, 0.25) is 0 Å². The first-order chi connectivity index (χ1) is 8.75. The lowest BCUT2D eigenvalue weighted by molar-refractivity contribution is 0.317. The van der Waals surface area contributed by atoms with Gasteiger partial charge in [-0.2, -0.15) is 0 Å². The third-order valence-corrected chi connectivity index (χ3v) is 3.99. The fourth-order valence-electron chi connectivity index (χ4n) is 1.99. The molecule has 0 aliphatic carbocycles. The lowest BCUT2D eigenvalue weighted by atomic mass is 10.1. The van der Waals surface area contributed by atoms with E-state index in [-0.39, 0.29) is 6.04 Å². The molecule has 2 nitrogen and oxygen atoms in total. The number of thiophene rings is 1. The van der Waals surface area contributed by atoms with E-state index in [9.17, 15) is 0 Å². The molecule has 0 fully saturated rings. The molecule has 0 saturated heterocycles. The molecule has 1 aromatic carbocycles. The van der Waals surface area contributed by atoms with Gasteiger partial charge in [-0.3, -0.25) is 0 Å². The van der Waals surface area contributed by atoms with Gasteiger partial charge in [0.05, 0.1) is 0 Å². The number of hydrogen-bond acceptors (Lipinski definition) is 3. The molecule has 1 unspecified atom stereocenters. The van der Waals surface area contributed by atoms with Gasteiger partial charge >= 0.3 is 0 Å². The molecular weight excluding hydrogens is 240 g/mol. The van der Waals surface area contributed by atoms with Crippen LogP contribution in [0.3, 0.4) is 0 Å². The summed E-state index contributed by atoms with van der Waals surface area (Å²) in [5.74, 6) is 0. The van der Waals surface area contributed by atoms with Crippen LogP contribution in [0.4, 0.5) is 0 Å². The smallest absolute Gasteiger partial charge is 0.0424 e. The van der Waals surface area contributed by atoms with E-state index in [1.807, 2.05) is 29.5 Å². The second-order valence-corrected chi connectivity index (χ2v) is 5.64. The van der Waals surface area contributed by atoms with Crippen LogP contribution in [0.2, 0.25) is 0 Å². The van der Waals surface area contributed by atoms with Crippen molar-refractivity contribution in [3.05, 3.63) is 58.3 Å². The molecule has 1 aromatic heterocycles. The van der Waals surface area contributed by atoms with Crippen molar-refractivity contribution in [3.63, 3.8) is 0 Å². The first kappa shape index (κ1) is 13.3. The normalized spacial score (nSPS) is 12.8. The van der Waals surface area contributed by atoms with Gasteiger partial charge in [0, 0.05) is 24.0 Å². The minimum absolute atomic E-state index is 0.0968. The van der Waals surface area contributed by atoms with E-state index in [4.69, 9.17) is 5.73 Å². The SMILES string of the molecule is CN(CCc1cccs1)CC(N)c1ccccc1. The third kappa shape index (κ3) is 3.95. The largest absolute Gasteiger partial charge is 0.323 e. The summed E-state index contributed by atoms with van der Waals surface area (Å²) in [5.41, 5.74) is 7.41. The first-order valence-corrected chi connectivity index (χ1v) is 7.15. The minimum Gasteiger partial charge on any atom is -0.323 e. The summed E-state index contributed by atoms with van der Waals surface area (Å²) in [6, 6.07) is 14.7. The number of hydrogen-bond donors (Lipinski definition) is 1. The molecule has 2 rings (SSSR count). The molecule has 0 radical (unpaired) electrons. The maximum absolute atomic E-state index is 6.21. The van der Waals surface area contributed by atoms with Crippen LogP contribution in [0, 0.1) is 0 Å². The number of nitrogens with zero attached hydrogens (tertiary/aromatic N) is 1. The Morgan fingerprint density at radius 1 is 1.17 bits per heavy atom. The van der Waals surface area contributed by atoms with Crippen LogP contribution in [0.5, 0.6) is 0 Å². The molecule has 2 aromatic rings. The topological polar surface area (TPSA) is 29.3 Å². The average molecular weight is 260 g/mol. The van der Waals surface area contributed by atoms with E-state index in [0.29, 0.717) is 0 Å². The zero-order valence-corrected chi connectivity index (χ0v) is 11.6. The Bertz CT molecular complexity index is 439. The predicted molar refractivity (Wildman–Crippen MR) is 78.9 cm³/mol. The molecule has 0 bridgehead atoms. The van der Waals surface area contributed by atoms with Crippen LogP contribution in [0.15, 0.2) is 47.8 Å². The van der Waals surface area contributed by atoms with Gasteiger partial charge in [-0.25, -0.2) is 0 Å². The van der Waals surface area contributed by atoms with Crippen LogP contribution < -0.4 is 5.73 Å². The maximum atomic E-state index is 6.21. The molecule has 3 heteroatoms. The fraction of sp³-hybridized carbons (Fsp3) is 0.333. The molecule has 18 heavy (non-hydrogen) atoms.